The fourth-order valence-corrected chi connectivity index (χ4v) is 3.04. The Morgan fingerprint density at radius 3 is 2.80 bits per heavy atom. The SMILES string of the molecule is C#Cc1cccc(NC(=O)CN(C)C(=O)CCc2ncc(-c3ccccc3Cl)o2)c1. The molecule has 152 valence electrons. The fraction of sp³-hybridized carbons (Fsp3) is 0.174. The Labute approximate surface area is 179 Å². The molecule has 30 heavy (non-hydrogen) atoms. The fourth-order valence-electron chi connectivity index (χ4n) is 2.81. The second kappa shape index (κ2) is 9.77. The normalized spacial score (nSPS) is 10.3. The molecule has 0 aliphatic carbocycles. The van der Waals surface area contributed by atoms with Crippen molar-refractivity contribution in [3.05, 3.63) is 71.2 Å². The molecule has 1 N–H and O–H groups in total. The highest BCUT2D eigenvalue weighted by atomic mass is 35.5. The van der Waals surface area contributed by atoms with Crippen molar-refractivity contribution < 1.29 is 14.0 Å². The van der Waals surface area contributed by atoms with Gasteiger partial charge in [0.15, 0.2) is 11.7 Å². The van der Waals surface area contributed by atoms with Crippen molar-refractivity contribution in [3.8, 4) is 23.7 Å². The van der Waals surface area contributed by atoms with E-state index in [1.54, 1.807) is 43.6 Å². The minimum absolute atomic E-state index is 0.0738. The highest BCUT2D eigenvalue weighted by molar-refractivity contribution is 6.33. The number of aryl methyl sites for hydroxylation is 1. The number of hydrogen-bond donors (Lipinski definition) is 1. The van der Waals surface area contributed by atoms with Gasteiger partial charge in [0, 0.05) is 36.7 Å². The molecule has 2 amide bonds. The molecule has 0 saturated heterocycles. The Hall–Kier alpha value is -3.56. The summed E-state index contributed by atoms with van der Waals surface area (Å²) in [7, 11) is 1.57. The number of nitrogens with zero attached hydrogens (tertiary/aromatic N) is 2. The standard InChI is InChI=1S/C23H20ClN3O3/c1-3-16-7-6-8-17(13-16)26-21(28)15-27(2)23(29)12-11-22-25-14-20(30-22)18-9-4-5-10-19(18)24/h1,4-10,13-14H,11-12,15H2,2H3,(H,26,28). The maximum absolute atomic E-state index is 12.4. The van der Waals surface area contributed by atoms with E-state index < -0.39 is 0 Å². The number of carbonyl (C=O) groups excluding carboxylic acids is 2. The monoisotopic (exact) mass is 421 g/mol. The van der Waals surface area contributed by atoms with Crippen LogP contribution < -0.4 is 5.32 Å². The highest BCUT2D eigenvalue weighted by Gasteiger charge is 2.15. The van der Waals surface area contributed by atoms with E-state index in [0.29, 0.717) is 34.3 Å². The molecule has 7 heteroatoms. The first-order valence-corrected chi connectivity index (χ1v) is 9.64. The quantitative estimate of drug-likeness (QED) is 0.585. The first kappa shape index (κ1) is 21.2. The van der Waals surface area contributed by atoms with Gasteiger partial charge in [-0.25, -0.2) is 4.98 Å². The summed E-state index contributed by atoms with van der Waals surface area (Å²) in [5.74, 6) is 2.99. The van der Waals surface area contributed by atoms with Crippen LogP contribution in [0.2, 0.25) is 5.02 Å². The summed E-state index contributed by atoms with van der Waals surface area (Å²) in [6, 6.07) is 14.3. The summed E-state index contributed by atoms with van der Waals surface area (Å²) < 4.78 is 5.70. The van der Waals surface area contributed by atoms with Crippen LogP contribution in [0, 0.1) is 12.3 Å². The van der Waals surface area contributed by atoms with Gasteiger partial charge < -0.3 is 14.6 Å². The van der Waals surface area contributed by atoms with Crippen molar-refractivity contribution in [3.63, 3.8) is 0 Å². The lowest BCUT2D eigenvalue weighted by Gasteiger charge is -2.16. The average Bonchev–Trinajstić information content (AvgIpc) is 3.21. The number of benzene rings is 2. The van der Waals surface area contributed by atoms with Gasteiger partial charge in [0.2, 0.25) is 11.8 Å². The van der Waals surface area contributed by atoms with E-state index >= 15 is 0 Å². The van der Waals surface area contributed by atoms with Gasteiger partial charge in [0.1, 0.15) is 0 Å². The van der Waals surface area contributed by atoms with E-state index in [9.17, 15) is 9.59 Å². The van der Waals surface area contributed by atoms with Crippen LogP contribution >= 0.6 is 11.6 Å². The Kier molecular flexibility index (Phi) is 6.89. The van der Waals surface area contributed by atoms with Crippen molar-refractivity contribution in [2.24, 2.45) is 0 Å². The molecule has 3 aromatic rings. The summed E-state index contributed by atoms with van der Waals surface area (Å²) in [6.07, 6.45) is 7.43. The number of aromatic nitrogens is 1. The molecule has 2 aromatic carbocycles. The molecule has 3 rings (SSSR count). The van der Waals surface area contributed by atoms with Crippen molar-refractivity contribution in [2.75, 3.05) is 18.9 Å². The van der Waals surface area contributed by atoms with Crippen molar-refractivity contribution >= 4 is 29.1 Å². The molecule has 0 aliphatic rings. The van der Waals surface area contributed by atoms with Gasteiger partial charge in [-0.2, -0.15) is 0 Å². The van der Waals surface area contributed by atoms with Crippen LogP contribution in [-0.2, 0) is 16.0 Å². The third kappa shape index (κ3) is 5.49. The van der Waals surface area contributed by atoms with Crippen LogP contribution in [-0.4, -0.2) is 35.3 Å². The molecule has 0 fully saturated rings. The lowest BCUT2D eigenvalue weighted by atomic mass is 10.2. The summed E-state index contributed by atoms with van der Waals surface area (Å²) in [4.78, 5) is 30.1. The highest BCUT2D eigenvalue weighted by Crippen LogP contribution is 2.28. The van der Waals surface area contributed by atoms with Gasteiger partial charge in [-0.3, -0.25) is 9.59 Å². The summed E-state index contributed by atoms with van der Waals surface area (Å²) in [5.41, 5.74) is 1.99. The number of likely N-dealkylation sites (N-methyl/N-ethyl adjacent to an activating group) is 1. The second-order valence-electron chi connectivity index (χ2n) is 6.62. The molecule has 0 bridgehead atoms. The van der Waals surface area contributed by atoms with Crippen LogP contribution in [0.3, 0.4) is 0 Å². The molecule has 0 spiro atoms. The third-order valence-electron chi connectivity index (χ3n) is 4.37. The Balaban J connectivity index is 1.50. The predicted octanol–water partition coefficient (Wildman–Crippen LogP) is 4.01. The summed E-state index contributed by atoms with van der Waals surface area (Å²) in [5, 5.41) is 3.30. The van der Waals surface area contributed by atoms with Gasteiger partial charge in [0.25, 0.3) is 0 Å². The number of oxazole rings is 1. The number of terminal acetylenes is 1. The largest absolute Gasteiger partial charge is 0.441 e. The van der Waals surface area contributed by atoms with Crippen LogP contribution in [0.1, 0.15) is 17.9 Å². The van der Waals surface area contributed by atoms with Crippen LogP contribution in [0.5, 0.6) is 0 Å². The zero-order valence-corrected chi connectivity index (χ0v) is 17.1. The van der Waals surface area contributed by atoms with Crippen molar-refractivity contribution in [2.45, 2.75) is 12.8 Å². The van der Waals surface area contributed by atoms with Crippen LogP contribution in [0.25, 0.3) is 11.3 Å². The number of anilines is 1. The Morgan fingerprint density at radius 2 is 2.03 bits per heavy atom. The van der Waals surface area contributed by atoms with E-state index in [0.717, 1.165) is 5.56 Å². The molecular formula is C23H20ClN3O3. The molecule has 0 aliphatic heterocycles. The van der Waals surface area contributed by atoms with Gasteiger partial charge in [-0.15, -0.1) is 6.42 Å². The molecular weight excluding hydrogens is 402 g/mol. The molecule has 1 aromatic heterocycles. The number of amides is 2. The first-order chi connectivity index (χ1) is 14.5. The summed E-state index contributed by atoms with van der Waals surface area (Å²) in [6.45, 7) is -0.0738. The zero-order valence-electron chi connectivity index (χ0n) is 16.4. The minimum atomic E-state index is -0.308. The number of carbonyl (C=O) groups is 2. The van der Waals surface area contributed by atoms with Crippen molar-refractivity contribution in [1.29, 1.82) is 0 Å². The minimum Gasteiger partial charge on any atom is -0.441 e. The van der Waals surface area contributed by atoms with E-state index in [2.05, 4.69) is 16.2 Å². The lowest BCUT2D eigenvalue weighted by Crippen LogP contribution is -2.35. The van der Waals surface area contributed by atoms with Gasteiger partial charge in [0.05, 0.1) is 17.8 Å². The molecule has 0 unspecified atom stereocenters. The topological polar surface area (TPSA) is 75.4 Å². The first-order valence-electron chi connectivity index (χ1n) is 9.26. The number of rotatable bonds is 7. The van der Waals surface area contributed by atoms with E-state index in [4.69, 9.17) is 22.4 Å². The van der Waals surface area contributed by atoms with Gasteiger partial charge in [-0.1, -0.05) is 35.7 Å². The predicted molar refractivity (Wildman–Crippen MR) is 116 cm³/mol. The van der Waals surface area contributed by atoms with Crippen molar-refractivity contribution in [1.82, 2.24) is 9.88 Å². The molecule has 0 radical (unpaired) electrons. The third-order valence-corrected chi connectivity index (χ3v) is 4.69. The van der Waals surface area contributed by atoms with E-state index in [-0.39, 0.29) is 24.8 Å². The molecule has 1 heterocycles. The van der Waals surface area contributed by atoms with E-state index in [1.165, 1.54) is 4.90 Å². The summed E-state index contributed by atoms with van der Waals surface area (Å²) >= 11 is 6.16. The smallest absolute Gasteiger partial charge is 0.243 e. The zero-order chi connectivity index (χ0) is 21.5. The average molecular weight is 422 g/mol. The van der Waals surface area contributed by atoms with Crippen LogP contribution in [0.15, 0.2) is 59.1 Å². The maximum atomic E-state index is 12.4. The number of halogens is 1. The molecule has 6 nitrogen and oxygen atoms in total. The molecule has 0 saturated carbocycles. The second-order valence-corrected chi connectivity index (χ2v) is 7.03. The Bertz CT molecular complexity index is 1100. The maximum Gasteiger partial charge on any atom is 0.243 e. The number of nitrogens with one attached hydrogen (secondary N) is 1. The number of hydrogen-bond acceptors (Lipinski definition) is 4. The molecule has 0 atom stereocenters. The lowest BCUT2D eigenvalue weighted by molar-refractivity contribution is -0.133. The van der Waals surface area contributed by atoms with Crippen LogP contribution in [0.4, 0.5) is 5.69 Å². The van der Waals surface area contributed by atoms with Gasteiger partial charge >= 0.3 is 0 Å². The van der Waals surface area contributed by atoms with Gasteiger partial charge in [-0.05, 0) is 30.3 Å². The Morgan fingerprint density at radius 1 is 1.23 bits per heavy atom. The van der Waals surface area contributed by atoms with E-state index in [1.807, 2.05) is 18.2 Å².